The maximum absolute atomic E-state index is 12.1. The molecule has 0 radical (unpaired) electrons. The monoisotopic (exact) mass is 279 g/mol. The van der Waals surface area contributed by atoms with E-state index in [-0.39, 0.29) is 11.5 Å². The molecule has 5 heteroatoms. The molecule has 1 aromatic heterocycles. The Morgan fingerprint density at radius 1 is 1.32 bits per heavy atom. The van der Waals surface area contributed by atoms with Crippen molar-refractivity contribution in [2.24, 2.45) is 0 Å². The van der Waals surface area contributed by atoms with Crippen LogP contribution in [-0.2, 0) is 0 Å². The van der Waals surface area contributed by atoms with Gasteiger partial charge in [-0.25, -0.2) is 0 Å². The average Bonchev–Trinajstić information content (AvgIpc) is 2.41. The Kier molecular flexibility index (Phi) is 3.21. The number of fused-ring (bicyclic) bond motifs is 1. The van der Waals surface area contributed by atoms with E-state index in [1.807, 2.05) is 4.90 Å². The Morgan fingerprint density at radius 3 is 2.79 bits per heavy atom. The van der Waals surface area contributed by atoms with Gasteiger partial charge in [-0.15, -0.1) is 0 Å². The molecule has 0 unspecified atom stereocenters. The summed E-state index contributed by atoms with van der Waals surface area (Å²) in [6, 6.07) is 6.64. The molecule has 0 saturated carbocycles. The summed E-state index contributed by atoms with van der Waals surface area (Å²) in [6.45, 7) is 1.36. The molecule has 0 bridgehead atoms. The summed E-state index contributed by atoms with van der Waals surface area (Å²) in [5, 5.41) is 10.4. The van der Waals surface area contributed by atoms with Crippen molar-refractivity contribution in [2.45, 2.75) is 18.9 Å². The van der Waals surface area contributed by atoms with Crippen molar-refractivity contribution < 1.29 is 9.52 Å². The number of rotatable bonds is 1. The van der Waals surface area contributed by atoms with Gasteiger partial charge < -0.3 is 14.4 Å². The molecule has 19 heavy (non-hydrogen) atoms. The lowest BCUT2D eigenvalue weighted by Crippen LogP contribution is -2.36. The maximum atomic E-state index is 12.1. The highest BCUT2D eigenvalue weighted by molar-refractivity contribution is 6.34. The van der Waals surface area contributed by atoms with E-state index in [9.17, 15) is 9.90 Å². The van der Waals surface area contributed by atoms with Crippen molar-refractivity contribution in [1.29, 1.82) is 0 Å². The van der Waals surface area contributed by atoms with Gasteiger partial charge in [0.2, 0.25) is 0 Å². The highest BCUT2D eigenvalue weighted by Gasteiger charge is 2.20. The molecule has 3 rings (SSSR count). The summed E-state index contributed by atoms with van der Waals surface area (Å²) in [5.41, 5.74) is 0.336. The standard InChI is InChI=1S/C14H14ClNO3/c15-11-3-1-2-10-12(18)8-13(19-14(10)11)16-6-4-9(17)5-7-16/h1-3,8-9,17H,4-7H2. The number of hydrogen-bond acceptors (Lipinski definition) is 4. The van der Waals surface area contributed by atoms with E-state index in [4.69, 9.17) is 16.0 Å². The summed E-state index contributed by atoms with van der Waals surface area (Å²) >= 11 is 6.07. The summed E-state index contributed by atoms with van der Waals surface area (Å²) in [6.07, 6.45) is 1.11. The molecule has 0 spiro atoms. The van der Waals surface area contributed by atoms with E-state index in [0.717, 1.165) is 0 Å². The minimum absolute atomic E-state index is 0.0927. The first-order chi connectivity index (χ1) is 9.15. The molecule has 0 aliphatic carbocycles. The zero-order valence-electron chi connectivity index (χ0n) is 10.3. The summed E-state index contributed by atoms with van der Waals surface area (Å²) in [5.74, 6) is 0.525. The zero-order valence-corrected chi connectivity index (χ0v) is 11.1. The van der Waals surface area contributed by atoms with Gasteiger partial charge in [-0.1, -0.05) is 17.7 Å². The van der Waals surface area contributed by atoms with Crippen LogP contribution in [0.5, 0.6) is 0 Å². The van der Waals surface area contributed by atoms with Crippen LogP contribution in [0.4, 0.5) is 5.88 Å². The molecular formula is C14H14ClNO3. The van der Waals surface area contributed by atoms with Gasteiger partial charge in [0, 0.05) is 19.2 Å². The lowest BCUT2D eigenvalue weighted by molar-refractivity contribution is 0.144. The van der Waals surface area contributed by atoms with Crippen molar-refractivity contribution in [3.63, 3.8) is 0 Å². The predicted molar refractivity (Wildman–Crippen MR) is 74.9 cm³/mol. The Hall–Kier alpha value is -1.52. The van der Waals surface area contributed by atoms with Crippen LogP contribution in [0.15, 0.2) is 33.5 Å². The van der Waals surface area contributed by atoms with Gasteiger partial charge >= 0.3 is 0 Å². The number of hydrogen-bond donors (Lipinski definition) is 1. The normalized spacial score (nSPS) is 17.1. The Balaban J connectivity index is 2.06. The van der Waals surface area contributed by atoms with Gasteiger partial charge in [-0.3, -0.25) is 4.79 Å². The molecule has 0 atom stereocenters. The molecule has 2 heterocycles. The molecule has 4 nitrogen and oxygen atoms in total. The molecule has 2 aromatic rings. The van der Waals surface area contributed by atoms with Crippen molar-refractivity contribution >= 4 is 28.5 Å². The summed E-state index contributed by atoms with van der Waals surface area (Å²) in [4.78, 5) is 14.0. The van der Waals surface area contributed by atoms with Gasteiger partial charge in [0.25, 0.3) is 0 Å². The Bertz CT molecular complexity index is 659. The number of benzene rings is 1. The molecule has 1 aliphatic rings. The highest BCUT2D eigenvalue weighted by atomic mass is 35.5. The third kappa shape index (κ3) is 2.33. The molecular weight excluding hydrogens is 266 g/mol. The summed E-state index contributed by atoms with van der Waals surface area (Å²) < 4.78 is 5.76. The van der Waals surface area contributed by atoms with E-state index in [2.05, 4.69) is 0 Å². The molecule has 0 amide bonds. The quantitative estimate of drug-likeness (QED) is 0.871. The average molecular weight is 280 g/mol. The zero-order chi connectivity index (χ0) is 13.4. The van der Waals surface area contributed by atoms with Crippen molar-refractivity contribution in [3.8, 4) is 0 Å². The fraction of sp³-hybridized carbons (Fsp3) is 0.357. The maximum Gasteiger partial charge on any atom is 0.200 e. The second kappa shape index (κ2) is 4.87. The van der Waals surface area contributed by atoms with E-state index in [0.29, 0.717) is 47.8 Å². The topological polar surface area (TPSA) is 53.7 Å². The number of piperidine rings is 1. The summed E-state index contributed by atoms with van der Waals surface area (Å²) in [7, 11) is 0. The van der Waals surface area contributed by atoms with E-state index in [1.54, 1.807) is 18.2 Å². The predicted octanol–water partition coefficient (Wildman–Crippen LogP) is 2.41. The van der Waals surface area contributed by atoms with Gasteiger partial charge in [-0.2, -0.15) is 0 Å². The molecule has 100 valence electrons. The van der Waals surface area contributed by atoms with E-state index in [1.165, 1.54) is 6.07 Å². The Labute approximate surface area is 115 Å². The van der Waals surface area contributed by atoms with E-state index < -0.39 is 0 Å². The number of nitrogens with zero attached hydrogens (tertiary/aromatic N) is 1. The van der Waals surface area contributed by atoms with Crippen LogP contribution in [0.2, 0.25) is 5.02 Å². The van der Waals surface area contributed by atoms with Gasteiger partial charge in [0.1, 0.15) is 0 Å². The molecule has 1 N–H and O–H groups in total. The van der Waals surface area contributed by atoms with Crippen LogP contribution in [0, 0.1) is 0 Å². The van der Waals surface area contributed by atoms with Crippen LogP contribution < -0.4 is 10.3 Å². The fourth-order valence-corrected chi connectivity index (χ4v) is 2.59. The smallest absolute Gasteiger partial charge is 0.200 e. The largest absolute Gasteiger partial charge is 0.439 e. The minimum Gasteiger partial charge on any atom is -0.439 e. The fourth-order valence-electron chi connectivity index (χ4n) is 2.37. The lowest BCUT2D eigenvalue weighted by atomic mass is 10.1. The Morgan fingerprint density at radius 2 is 2.05 bits per heavy atom. The SMILES string of the molecule is O=c1cc(N2CCC(O)CC2)oc2c(Cl)cccc12. The van der Waals surface area contributed by atoms with Crippen LogP contribution in [-0.4, -0.2) is 24.3 Å². The number of halogens is 1. The van der Waals surface area contributed by atoms with Crippen LogP contribution in [0.1, 0.15) is 12.8 Å². The molecule has 1 aromatic carbocycles. The number of anilines is 1. The lowest BCUT2D eigenvalue weighted by Gasteiger charge is -2.29. The second-order valence-corrected chi connectivity index (χ2v) is 5.19. The van der Waals surface area contributed by atoms with E-state index >= 15 is 0 Å². The molecule has 1 aliphatic heterocycles. The third-order valence-corrected chi connectivity index (χ3v) is 3.77. The first kappa shape index (κ1) is 12.5. The van der Waals surface area contributed by atoms with Crippen molar-refractivity contribution in [2.75, 3.05) is 18.0 Å². The van der Waals surface area contributed by atoms with Gasteiger partial charge in [0.05, 0.1) is 16.5 Å². The van der Waals surface area contributed by atoms with Crippen LogP contribution >= 0.6 is 11.6 Å². The number of aliphatic hydroxyl groups is 1. The number of para-hydroxylation sites is 1. The van der Waals surface area contributed by atoms with Crippen molar-refractivity contribution in [3.05, 3.63) is 39.5 Å². The first-order valence-electron chi connectivity index (χ1n) is 6.30. The molecule has 1 saturated heterocycles. The first-order valence-corrected chi connectivity index (χ1v) is 6.68. The minimum atomic E-state index is -0.257. The van der Waals surface area contributed by atoms with Crippen LogP contribution in [0.3, 0.4) is 0 Å². The van der Waals surface area contributed by atoms with Crippen LogP contribution in [0.25, 0.3) is 11.0 Å². The molecule has 1 fully saturated rings. The van der Waals surface area contributed by atoms with Gasteiger partial charge in [-0.05, 0) is 25.0 Å². The third-order valence-electron chi connectivity index (χ3n) is 3.47. The second-order valence-electron chi connectivity index (χ2n) is 4.78. The van der Waals surface area contributed by atoms with Crippen molar-refractivity contribution in [1.82, 2.24) is 0 Å². The number of aliphatic hydroxyl groups excluding tert-OH is 1. The van der Waals surface area contributed by atoms with Gasteiger partial charge in [0.15, 0.2) is 16.9 Å². The highest BCUT2D eigenvalue weighted by Crippen LogP contribution is 2.26.